The van der Waals surface area contributed by atoms with Crippen molar-refractivity contribution in [2.45, 2.75) is 19.8 Å². The molecule has 2 rings (SSSR count). The molecule has 1 aliphatic rings. The maximum Gasteiger partial charge on any atom is 0.250 e. The lowest BCUT2D eigenvalue weighted by atomic mass is 10.1. The first kappa shape index (κ1) is 11.7. The van der Waals surface area contributed by atoms with E-state index >= 15 is 0 Å². The number of rotatable bonds is 4. The highest BCUT2D eigenvalue weighted by atomic mass is 16.5. The molecule has 0 aliphatic carbocycles. The van der Waals surface area contributed by atoms with Crippen molar-refractivity contribution in [2.75, 3.05) is 13.2 Å². The van der Waals surface area contributed by atoms with Gasteiger partial charge in [-0.15, -0.1) is 0 Å². The zero-order valence-corrected chi connectivity index (χ0v) is 10.0. The first-order valence-electron chi connectivity index (χ1n) is 6.02. The van der Waals surface area contributed by atoms with Crippen LogP contribution in [0.25, 0.3) is 6.08 Å². The summed E-state index contributed by atoms with van der Waals surface area (Å²) in [4.78, 5) is 11.8. The molecule has 0 radical (unpaired) electrons. The summed E-state index contributed by atoms with van der Waals surface area (Å²) in [5.41, 5.74) is 1.67. The molecule has 0 bridgehead atoms. The largest absolute Gasteiger partial charge is 0.488 e. The van der Waals surface area contributed by atoms with Crippen molar-refractivity contribution in [3.63, 3.8) is 0 Å². The predicted octanol–water partition coefficient (Wildman–Crippen LogP) is 2.38. The monoisotopic (exact) mass is 231 g/mol. The minimum atomic E-state index is -0.0204. The van der Waals surface area contributed by atoms with E-state index in [0.717, 1.165) is 30.7 Å². The highest BCUT2D eigenvalue weighted by molar-refractivity contribution is 5.99. The molecule has 1 N–H and O–H groups in total. The Morgan fingerprint density at radius 1 is 1.41 bits per heavy atom. The van der Waals surface area contributed by atoms with Gasteiger partial charge in [-0.3, -0.25) is 4.79 Å². The number of carbonyl (C=O) groups excluding carboxylic acids is 1. The van der Waals surface area contributed by atoms with E-state index in [1.165, 1.54) is 0 Å². The number of para-hydroxylation sites is 1. The lowest BCUT2D eigenvalue weighted by Crippen LogP contribution is -2.29. The second-order valence-corrected chi connectivity index (χ2v) is 4.11. The van der Waals surface area contributed by atoms with E-state index in [0.29, 0.717) is 12.2 Å². The van der Waals surface area contributed by atoms with Gasteiger partial charge in [-0.05, 0) is 18.6 Å². The van der Waals surface area contributed by atoms with Gasteiger partial charge in [0.2, 0.25) is 0 Å². The molecule has 1 aromatic carbocycles. The molecular formula is C14H17NO2. The molecule has 1 aromatic rings. The van der Waals surface area contributed by atoms with E-state index in [2.05, 4.69) is 12.2 Å². The van der Waals surface area contributed by atoms with E-state index in [4.69, 9.17) is 4.74 Å². The van der Waals surface area contributed by atoms with Gasteiger partial charge in [0.05, 0.1) is 5.57 Å². The minimum absolute atomic E-state index is 0.0204. The van der Waals surface area contributed by atoms with Crippen molar-refractivity contribution in [1.82, 2.24) is 5.32 Å². The van der Waals surface area contributed by atoms with Gasteiger partial charge in [0, 0.05) is 12.1 Å². The van der Waals surface area contributed by atoms with Crippen molar-refractivity contribution >= 4 is 12.0 Å². The minimum Gasteiger partial charge on any atom is -0.488 e. The molecule has 17 heavy (non-hydrogen) atoms. The van der Waals surface area contributed by atoms with Crippen molar-refractivity contribution in [3.05, 3.63) is 35.4 Å². The first-order valence-corrected chi connectivity index (χ1v) is 6.02. The van der Waals surface area contributed by atoms with Crippen LogP contribution < -0.4 is 10.1 Å². The summed E-state index contributed by atoms with van der Waals surface area (Å²) in [6.45, 7) is 3.19. The summed E-state index contributed by atoms with van der Waals surface area (Å²) in [6.07, 6.45) is 4.00. The van der Waals surface area contributed by atoms with Gasteiger partial charge in [-0.25, -0.2) is 0 Å². The third kappa shape index (κ3) is 2.87. The number of nitrogens with one attached hydrogen (secondary N) is 1. The van der Waals surface area contributed by atoms with Crippen LogP contribution in [0.1, 0.15) is 25.3 Å². The Balaban J connectivity index is 2.04. The molecule has 0 atom stereocenters. The molecule has 0 aromatic heterocycles. The molecule has 0 saturated carbocycles. The summed E-state index contributed by atoms with van der Waals surface area (Å²) in [5, 5.41) is 2.90. The van der Waals surface area contributed by atoms with Crippen LogP contribution in [0.3, 0.4) is 0 Å². The average molecular weight is 231 g/mol. The van der Waals surface area contributed by atoms with Crippen LogP contribution in [0.5, 0.6) is 5.75 Å². The van der Waals surface area contributed by atoms with Crippen molar-refractivity contribution < 1.29 is 9.53 Å². The molecular weight excluding hydrogens is 214 g/mol. The molecule has 1 heterocycles. The molecule has 90 valence electrons. The third-order valence-corrected chi connectivity index (χ3v) is 2.74. The summed E-state index contributed by atoms with van der Waals surface area (Å²) >= 11 is 0. The van der Waals surface area contributed by atoms with Crippen molar-refractivity contribution in [1.29, 1.82) is 0 Å². The number of fused-ring (bicyclic) bond motifs is 1. The number of ether oxygens (including phenoxy) is 1. The van der Waals surface area contributed by atoms with Crippen molar-refractivity contribution in [2.24, 2.45) is 0 Å². The van der Waals surface area contributed by atoms with Crippen molar-refractivity contribution in [3.8, 4) is 5.75 Å². The second kappa shape index (κ2) is 5.53. The van der Waals surface area contributed by atoms with Gasteiger partial charge in [-0.2, -0.15) is 0 Å². The molecule has 0 spiro atoms. The summed E-state index contributed by atoms with van der Waals surface area (Å²) < 4.78 is 5.53. The van der Waals surface area contributed by atoms with Crippen LogP contribution >= 0.6 is 0 Å². The van der Waals surface area contributed by atoms with Gasteiger partial charge in [0.25, 0.3) is 5.91 Å². The standard InChI is InChI=1S/C14H17NO2/c1-2-3-8-15-14(16)12-9-11-6-4-5-7-13(11)17-10-12/h4-7,9H,2-3,8,10H2,1H3,(H,15,16). The predicted molar refractivity (Wildman–Crippen MR) is 67.8 cm³/mol. The fourth-order valence-corrected chi connectivity index (χ4v) is 1.74. The van der Waals surface area contributed by atoms with Crippen LogP contribution in [0.15, 0.2) is 29.8 Å². The molecule has 0 unspecified atom stereocenters. The smallest absolute Gasteiger partial charge is 0.250 e. The lowest BCUT2D eigenvalue weighted by Gasteiger charge is -2.17. The van der Waals surface area contributed by atoms with Crippen LogP contribution in [0.4, 0.5) is 0 Å². The summed E-state index contributed by atoms with van der Waals surface area (Å²) in [5.74, 6) is 0.825. The SMILES string of the molecule is CCCCNC(=O)C1=Cc2ccccc2OC1. The molecule has 3 heteroatoms. The highest BCUT2D eigenvalue weighted by Gasteiger charge is 2.15. The normalized spacial score (nSPS) is 13.4. The van der Waals surface area contributed by atoms with Gasteiger partial charge in [-0.1, -0.05) is 31.5 Å². The maximum atomic E-state index is 11.8. The molecule has 1 aliphatic heterocycles. The Morgan fingerprint density at radius 2 is 2.24 bits per heavy atom. The molecule has 1 amide bonds. The van der Waals surface area contributed by atoms with E-state index in [1.54, 1.807) is 0 Å². The Labute approximate surface area is 101 Å². The Bertz CT molecular complexity index is 438. The number of hydrogen-bond donors (Lipinski definition) is 1. The van der Waals surface area contributed by atoms with E-state index in [1.807, 2.05) is 30.3 Å². The Kier molecular flexibility index (Phi) is 3.81. The fraction of sp³-hybridized carbons (Fsp3) is 0.357. The van der Waals surface area contributed by atoms with Gasteiger partial charge in [0.1, 0.15) is 12.4 Å². The molecule has 0 saturated heterocycles. The van der Waals surface area contributed by atoms with E-state index in [-0.39, 0.29) is 5.91 Å². The van der Waals surface area contributed by atoms with Gasteiger partial charge < -0.3 is 10.1 Å². The highest BCUT2D eigenvalue weighted by Crippen LogP contribution is 2.25. The maximum absolute atomic E-state index is 11.8. The summed E-state index contributed by atoms with van der Waals surface area (Å²) in [6, 6.07) is 7.74. The summed E-state index contributed by atoms with van der Waals surface area (Å²) in [7, 11) is 0. The van der Waals surface area contributed by atoms with E-state index < -0.39 is 0 Å². The molecule has 0 fully saturated rings. The van der Waals surface area contributed by atoms with Crippen LogP contribution in [-0.2, 0) is 4.79 Å². The zero-order chi connectivity index (χ0) is 12.1. The zero-order valence-electron chi connectivity index (χ0n) is 10.0. The number of carbonyl (C=O) groups is 1. The Morgan fingerprint density at radius 3 is 3.06 bits per heavy atom. The number of hydrogen-bond acceptors (Lipinski definition) is 2. The second-order valence-electron chi connectivity index (χ2n) is 4.11. The van der Waals surface area contributed by atoms with Crippen LogP contribution in [-0.4, -0.2) is 19.1 Å². The Hall–Kier alpha value is -1.77. The van der Waals surface area contributed by atoms with Gasteiger partial charge >= 0.3 is 0 Å². The molecule has 3 nitrogen and oxygen atoms in total. The first-order chi connectivity index (χ1) is 8.31. The quantitative estimate of drug-likeness (QED) is 0.808. The van der Waals surface area contributed by atoms with Gasteiger partial charge in [0.15, 0.2) is 0 Å². The van der Waals surface area contributed by atoms with E-state index in [9.17, 15) is 4.79 Å². The van der Waals surface area contributed by atoms with Crippen LogP contribution in [0, 0.1) is 0 Å². The fourth-order valence-electron chi connectivity index (χ4n) is 1.74. The number of unbranched alkanes of at least 4 members (excludes halogenated alkanes) is 1. The third-order valence-electron chi connectivity index (χ3n) is 2.74. The number of amides is 1. The number of benzene rings is 1. The topological polar surface area (TPSA) is 38.3 Å². The van der Waals surface area contributed by atoms with Crippen LogP contribution in [0.2, 0.25) is 0 Å². The lowest BCUT2D eigenvalue weighted by molar-refractivity contribution is -0.117. The average Bonchev–Trinajstić information content (AvgIpc) is 2.38.